The van der Waals surface area contributed by atoms with Crippen molar-refractivity contribution in [3.8, 4) is 0 Å². The zero-order chi connectivity index (χ0) is 9.56. The molecule has 0 spiro atoms. The second-order valence-corrected chi connectivity index (χ2v) is 4.20. The van der Waals surface area contributed by atoms with Gasteiger partial charge in [-0.3, -0.25) is 4.79 Å². The lowest BCUT2D eigenvalue weighted by atomic mass is 10.1. The number of carboxylic acid groups (broad SMARTS) is 1. The average Bonchev–Trinajstić information content (AvgIpc) is 1.96. The molecule has 0 saturated heterocycles. The quantitative estimate of drug-likeness (QED) is 0.621. The van der Waals surface area contributed by atoms with Crippen molar-refractivity contribution in [3.63, 3.8) is 0 Å². The summed E-state index contributed by atoms with van der Waals surface area (Å²) in [4.78, 5) is 10.7. The lowest BCUT2D eigenvalue weighted by Gasteiger charge is -2.14. The van der Waals surface area contributed by atoms with Gasteiger partial charge in [0.1, 0.15) is 5.25 Å². The number of hydrogen-bond donors (Lipinski definition) is 2. The highest BCUT2D eigenvalue weighted by atomic mass is 32.2. The van der Waals surface area contributed by atoms with Crippen LogP contribution in [0.3, 0.4) is 0 Å². The van der Waals surface area contributed by atoms with E-state index in [0.29, 0.717) is 12.2 Å². The summed E-state index contributed by atoms with van der Waals surface area (Å²) < 4.78 is 0. The normalized spacial score (nSPS) is 13.3. The molecule has 0 aromatic rings. The van der Waals surface area contributed by atoms with Gasteiger partial charge in [-0.15, -0.1) is 11.8 Å². The van der Waals surface area contributed by atoms with Crippen LogP contribution in [-0.2, 0) is 4.79 Å². The fourth-order valence-corrected chi connectivity index (χ4v) is 1.90. The van der Waals surface area contributed by atoms with Crippen LogP contribution in [-0.4, -0.2) is 33.8 Å². The van der Waals surface area contributed by atoms with Crippen molar-refractivity contribution in [2.45, 2.75) is 25.5 Å². The predicted molar refractivity (Wildman–Crippen MR) is 50.4 cm³/mol. The van der Waals surface area contributed by atoms with Gasteiger partial charge in [0.25, 0.3) is 0 Å². The Morgan fingerprint density at radius 2 is 2.08 bits per heavy atom. The number of carboxylic acids is 1. The van der Waals surface area contributed by atoms with Gasteiger partial charge in [0.15, 0.2) is 0 Å². The molecule has 1 unspecified atom stereocenters. The minimum Gasteiger partial charge on any atom is -0.480 e. The van der Waals surface area contributed by atoms with Crippen molar-refractivity contribution in [1.29, 1.82) is 0 Å². The fraction of sp³-hybridized carbons (Fsp3) is 0.875. The van der Waals surface area contributed by atoms with Crippen LogP contribution in [0.15, 0.2) is 0 Å². The molecular weight excluding hydrogens is 176 g/mol. The Balaban J connectivity index is 3.72. The molecule has 3 nitrogen and oxygen atoms in total. The smallest absolute Gasteiger partial charge is 0.316 e. The number of carbonyl (C=O) groups is 1. The Hall–Kier alpha value is -0.220. The molecule has 12 heavy (non-hydrogen) atoms. The molecule has 4 heteroatoms. The Kier molecular flexibility index (Phi) is 6.20. The van der Waals surface area contributed by atoms with Crippen LogP contribution in [0, 0.1) is 5.92 Å². The number of aliphatic carboxylic acids is 1. The number of aliphatic hydroxyl groups excluding tert-OH is 1. The van der Waals surface area contributed by atoms with E-state index in [1.165, 1.54) is 11.8 Å². The van der Waals surface area contributed by atoms with Crippen molar-refractivity contribution in [2.24, 2.45) is 5.92 Å². The fourth-order valence-electron chi connectivity index (χ4n) is 0.824. The van der Waals surface area contributed by atoms with Crippen LogP contribution < -0.4 is 0 Å². The van der Waals surface area contributed by atoms with Crippen LogP contribution >= 0.6 is 11.8 Å². The summed E-state index contributed by atoms with van der Waals surface area (Å²) in [6.45, 7) is 3.92. The van der Waals surface area contributed by atoms with Crippen LogP contribution in [0.2, 0.25) is 0 Å². The van der Waals surface area contributed by atoms with Crippen LogP contribution in [0.1, 0.15) is 20.3 Å². The SMILES string of the molecule is CC(C)C(SCCCO)C(=O)O. The summed E-state index contributed by atoms with van der Waals surface area (Å²) in [6.07, 6.45) is 0.668. The van der Waals surface area contributed by atoms with E-state index < -0.39 is 5.97 Å². The van der Waals surface area contributed by atoms with Crippen LogP contribution in [0.5, 0.6) is 0 Å². The van der Waals surface area contributed by atoms with Crippen molar-refractivity contribution >= 4 is 17.7 Å². The predicted octanol–water partition coefficient (Wildman–Crippen LogP) is 1.21. The number of aliphatic hydroxyl groups is 1. The number of thioether (sulfide) groups is 1. The highest BCUT2D eigenvalue weighted by molar-refractivity contribution is 8.00. The molecule has 0 rings (SSSR count). The highest BCUT2D eigenvalue weighted by Gasteiger charge is 2.20. The third kappa shape index (κ3) is 4.62. The van der Waals surface area contributed by atoms with Crippen molar-refractivity contribution < 1.29 is 15.0 Å². The molecule has 0 amide bonds. The minimum atomic E-state index is -0.757. The standard InChI is InChI=1S/C8H16O3S/c1-6(2)7(8(10)11)12-5-3-4-9/h6-7,9H,3-5H2,1-2H3,(H,10,11). The molecule has 0 fully saturated rings. The zero-order valence-corrected chi connectivity index (χ0v) is 8.30. The molecule has 0 bridgehead atoms. The molecule has 72 valence electrons. The van der Waals surface area contributed by atoms with Crippen molar-refractivity contribution in [1.82, 2.24) is 0 Å². The van der Waals surface area contributed by atoms with E-state index in [1.807, 2.05) is 13.8 Å². The summed E-state index contributed by atoms with van der Waals surface area (Å²) in [5.41, 5.74) is 0. The van der Waals surface area contributed by atoms with E-state index in [1.54, 1.807) is 0 Å². The van der Waals surface area contributed by atoms with Gasteiger partial charge >= 0.3 is 5.97 Å². The molecule has 0 heterocycles. The van der Waals surface area contributed by atoms with E-state index in [-0.39, 0.29) is 17.8 Å². The largest absolute Gasteiger partial charge is 0.480 e. The first-order chi connectivity index (χ1) is 5.59. The molecule has 0 radical (unpaired) electrons. The number of hydrogen-bond acceptors (Lipinski definition) is 3. The Bertz CT molecular complexity index is 136. The highest BCUT2D eigenvalue weighted by Crippen LogP contribution is 2.20. The summed E-state index contributed by atoms with van der Waals surface area (Å²) in [5, 5.41) is 16.9. The van der Waals surface area contributed by atoms with Gasteiger partial charge in [-0.25, -0.2) is 0 Å². The first-order valence-corrected chi connectivity index (χ1v) is 5.09. The summed E-state index contributed by atoms with van der Waals surface area (Å²) in [5.74, 6) is 0.102. The molecule has 0 aromatic heterocycles. The third-order valence-corrected chi connectivity index (χ3v) is 3.08. The van der Waals surface area contributed by atoms with Gasteiger partial charge in [-0.05, 0) is 18.1 Å². The van der Waals surface area contributed by atoms with Crippen molar-refractivity contribution in [3.05, 3.63) is 0 Å². The van der Waals surface area contributed by atoms with E-state index in [4.69, 9.17) is 10.2 Å². The molecule has 0 aliphatic rings. The van der Waals surface area contributed by atoms with E-state index in [0.717, 1.165) is 0 Å². The Morgan fingerprint density at radius 1 is 1.50 bits per heavy atom. The van der Waals surface area contributed by atoms with Gasteiger partial charge in [0, 0.05) is 6.61 Å². The van der Waals surface area contributed by atoms with Gasteiger partial charge in [-0.1, -0.05) is 13.8 Å². The lowest BCUT2D eigenvalue weighted by Crippen LogP contribution is -2.23. The molecule has 1 atom stereocenters. The molecular formula is C8H16O3S. The molecule has 0 aliphatic carbocycles. The van der Waals surface area contributed by atoms with E-state index >= 15 is 0 Å². The Labute approximate surface area is 77.2 Å². The summed E-state index contributed by atoms with van der Waals surface area (Å²) >= 11 is 1.40. The van der Waals surface area contributed by atoms with E-state index in [2.05, 4.69) is 0 Å². The van der Waals surface area contributed by atoms with Gasteiger partial charge in [-0.2, -0.15) is 0 Å². The monoisotopic (exact) mass is 192 g/mol. The molecule has 0 saturated carbocycles. The van der Waals surface area contributed by atoms with Gasteiger partial charge in [0.05, 0.1) is 0 Å². The van der Waals surface area contributed by atoms with E-state index in [9.17, 15) is 4.79 Å². The minimum absolute atomic E-state index is 0.136. The lowest BCUT2D eigenvalue weighted by molar-refractivity contribution is -0.137. The third-order valence-electron chi connectivity index (χ3n) is 1.45. The van der Waals surface area contributed by atoms with Crippen molar-refractivity contribution in [2.75, 3.05) is 12.4 Å². The Morgan fingerprint density at radius 3 is 2.42 bits per heavy atom. The first-order valence-electron chi connectivity index (χ1n) is 4.05. The van der Waals surface area contributed by atoms with Gasteiger partial charge in [0.2, 0.25) is 0 Å². The number of rotatable bonds is 6. The maximum Gasteiger partial charge on any atom is 0.316 e. The zero-order valence-electron chi connectivity index (χ0n) is 7.49. The second-order valence-electron chi connectivity index (χ2n) is 2.95. The van der Waals surface area contributed by atoms with Crippen LogP contribution in [0.25, 0.3) is 0 Å². The topological polar surface area (TPSA) is 57.5 Å². The maximum atomic E-state index is 10.7. The molecule has 0 aliphatic heterocycles. The summed E-state index contributed by atoms with van der Waals surface area (Å²) in [6, 6.07) is 0. The molecule has 0 aromatic carbocycles. The second kappa shape index (κ2) is 6.31. The first kappa shape index (κ1) is 11.8. The van der Waals surface area contributed by atoms with Gasteiger partial charge < -0.3 is 10.2 Å². The molecule has 2 N–H and O–H groups in total. The maximum absolute atomic E-state index is 10.7. The average molecular weight is 192 g/mol. The summed E-state index contributed by atoms with van der Waals surface area (Å²) in [7, 11) is 0. The van der Waals surface area contributed by atoms with Crippen LogP contribution in [0.4, 0.5) is 0 Å².